The first-order valence-corrected chi connectivity index (χ1v) is 10.7. The fourth-order valence-electron chi connectivity index (χ4n) is 3.68. The van der Waals surface area contributed by atoms with E-state index in [0.29, 0.717) is 43.4 Å². The van der Waals surface area contributed by atoms with Gasteiger partial charge in [0.15, 0.2) is 11.5 Å². The van der Waals surface area contributed by atoms with Gasteiger partial charge in [0.05, 0.1) is 0 Å². The lowest BCUT2D eigenvalue weighted by Crippen LogP contribution is -2.45. The molecular weight excluding hydrogens is 386 g/mol. The van der Waals surface area contributed by atoms with Crippen LogP contribution in [-0.2, 0) is 15.1 Å². The molecule has 1 saturated heterocycles. The molecule has 2 aliphatic rings. The van der Waals surface area contributed by atoms with Gasteiger partial charge in [0.1, 0.15) is 25.3 Å². The number of fused-ring (bicyclic) bond motifs is 1. The molecule has 0 aliphatic carbocycles. The number of benzene rings is 1. The van der Waals surface area contributed by atoms with E-state index in [1.165, 1.54) is 0 Å². The molecule has 2 heterocycles. The summed E-state index contributed by atoms with van der Waals surface area (Å²) in [5, 5.41) is 2.75. The molecule has 0 spiro atoms. The predicted octanol–water partition coefficient (Wildman–Crippen LogP) is 2.65. The molecule has 0 unspecified atom stereocenters. The molecule has 3 rings (SSSR count). The Morgan fingerprint density at radius 3 is 2.37 bits per heavy atom. The highest BCUT2D eigenvalue weighted by atomic mass is 16.6. The average Bonchev–Trinajstić information content (AvgIpc) is 2.97. The van der Waals surface area contributed by atoms with Crippen LogP contribution in [0.2, 0.25) is 0 Å². The number of ether oxygens (including phenoxy) is 2. The highest BCUT2D eigenvalue weighted by Gasteiger charge is 2.50. The summed E-state index contributed by atoms with van der Waals surface area (Å²) in [6.45, 7) is 7.71. The third-order valence-corrected chi connectivity index (χ3v) is 5.60. The van der Waals surface area contributed by atoms with Crippen molar-refractivity contribution in [1.82, 2.24) is 15.1 Å². The predicted molar refractivity (Wildman–Crippen MR) is 111 cm³/mol. The normalized spacial score (nSPS) is 20.3. The lowest BCUT2D eigenvalue weighted by atomic mass is 9.91. The van der Waals surface area contributed by atoms with E-state index in [2.05, 4.69) is 19.2 Å². The van der Waals surface area contributed by atoms with Crippen molar-refractivity contribution >= 4 is 17.8 Å². The van der Waals surface area contributed by atoms with Gasteiger partial charge in [-0.25, -0.2) is 4.79 Å². The molecule has 1 fully saturated rings. The first-order chi connectivity index (χ1) is 14.4. The standard InChI is InChI=1S/C22H31N3O5/c1-4-6-10-24(11-7-5-2)19(26)15-25-20(27)22(3,23-21(25)28)16-8-9-17-18(14-16)30-13-12-29-17/h8-9,14H,4-7,10-13,15H2,1-3H3,(H,23,28)/t22-/m1/s1. The van der Waals surface area contributed by atoms with Crippen molar-refractivity contribution in [3.63, 3.8) is 0 Å². The van der Waals surface area contributed by atoms with Crippen LogP contribution in [0.1, 0.15) is 52.0 Å². The topological polar surface area (TPSA) is 88.2 Å². The van der Waals surface area contributed by atoms with Crippen LogP contribution >= 0.6 is 0 Å². The van der Waals surface area contributed by atoms with E-state index in [1.807, 2.05) is 0 Å². The molecule has 0 bridgehead atoms. The Morgan fingerprint density at radius 2 is 1.73 bits per heavy atom. The maximum atomic E-state index is 13.2. The number of imide groups is 1. The fourth-order valence-corrected chi connectivity index (χ4v) is 3.68. The highest BCUT2D eigenvalue weighted by molar-refractivity contribution is 6.09. The fraction of sp³-hybridized carbons (Fsp3) is 0.591. The van der Waals surface area contributed by atoms with Crippen molar-refractivity contribution in [2.45, 2.75) is 52.0 Å². The zero-order valence-corrected chi connectivity index (χ0v) is 18.0. The summed E-state index contributed by atoms with van der Waals surface area (Å²) < 4.78 is 11.1. The van der Waals surface area contributed by atoms with E-state index >= 15 is 0 Å². The molecular formula is C22H31N3O5. The minimum atomic E-state index is -1.26. The van der Waals surface area contributed by atoms with E-state index in [1.54, 1.807) is 30.0 Å². The van der Waals surface area contributed by atoms with Crippen molar-refractivity contribution in [2.75, 3.05) is 32.8 Å². The molecule has 1 N–H and O–H groups in total. The second-order valence-corrected chi connectivity index (χ2v) is 7.89. The Labute approximate surface area is 177 Å². The Morgan fingerprint density at radius 1 is 1.10 bits per heavy atom. The molecule has 164 valence electrons. The first-order valence-electron chi connectivity index (χ1n) is 10.7. The summed E-state index contributed by atoms with van der Waals surface area (Å²) in [5.74, 6) is 0.511. The minimum absolute atomic E-state index is 0.202. The average molecular weight is 418 g/mol. The SMILES string of the molecule is CCCCN(CCCC)C(=O)CN1C(=O)N[C@](C)(c2ccc3c(c2)OCCO3)C1=O. The van der Waals surface area contributed by atoms with Crippen LogP contribution in [0.3, 0.4) is 0 Å². The largest absolute Gasteiger partial charge is 0.486 e. The third-order valence-electron chi connectivity index (χ3n) is 5.60. The Kier molecular flexibility index (Phi) is 6.84. The maximum Gasteiger partial charge on any atom is 0.325 e. The summed E-state index contributed by atoms with van der Waals surface area (Å²) in [7, 11) is 0. The van der Waals surface area contributed by atoms with Crippen LogP contribution in [0.5, 0.6) is 11.5 Å². The van der Waals surface area contributed by atoms with Crippen LogP contribution in [0.4, 0.5) is 4.79 Å². The van der Waals surface area contributed by atoms with E-state index < -0.39 is 17.5 Å². The van der Waals surface area contributed by atoms with Gasteiger partial charge in [-0.1, -0.05) is 32.8 Å². The summed E-state index contributed by atoms with van der Waals surface area (Å²) >= 11 is 0. The maximum absolute atomic E-state index is 13.2. The number of carbonyl (C=O) groups excluding carboxylic acids is 3. The second-order valence-electron chi connectivity index (χ2n) is 7.89. The molecule has 1 aromatic carbocycles. The van der Waals surface area contributed by atoms with Crippen molar-refractivity contribution in [3.8, 4) is 11.5 Å². The zero-order chi connectivity index (χ0) is 21.7. The Bertz CT molecular complexity index is 804. The summed E-state index contributed by atoms with van der Waals surface area (Å²) in [5.41, 5.74) is -0.668. The Balaban J connectivity index is 1.75. The molecule has 1 atom stereocenters. The molecule has 1 aromatic rings. The van der Waals surface area contributed by atoms with Gasteiger partial charge in [0.2, 0.25) is 5.91 Å². The molecule has 0 radical (unpaired) electrons. The third kappa shape index (κ3) is 4.37. The molecule has 4 amide bonds. The van der Waals surface area contributed by atoms with E-state index in [4.69, 9.17) is 9.47 Å². The van der Waals surface area contributed by atoms with Crippen LogP contribution in [0, 0.1) is 0 Å². The highest BCUT2D eigenvalue weighted by Crippen LogP contribution is 2.36. The second kappa shape index (κ2) is 9.36. The molecule has 8 heteroatoms. The Hall–Kier alpha value is -2.77. The number of amides is 4. The quantitative estimate of drug-likeness (QED) is 0.624. The number of hydrogen-bond acceptors (Lipinski definition) is 5. The van der Waals surface area contributed by atoms with Gasteiger partial charge in [-0.3, -0.25) is 14.5 Å². The van der Waals surface area contributed by atoms with Crippen molar-refractivity contribution in [3.05, 3.63) is 23.8 Å². The summed E-state index contributed by atoms with van der Waals surface area (Å²) in [4.78, 5) is 41.4. The molecule has 0 aromatic heterocycles. The molecule has 2 aliphatic heterocycles. The van der Waals surface area contributed by atoms with Crippen molar-refractivity contribution in [2.24, 2.45) is 0 Å². The van der Waals surface area contributed by atoms with Gasteiger partial charge in [0.25, 0.3) is 5.91 Å². The minimum Gasteiger partial charge on any atom is -0.486 e. The number of rotatable bonds is 9. The van der Waals surface area contributed by atoms with Crippen molar-refractivity contribution in [1.29, 1.82) is 0 Å². The monoisotopic (exact) mass is 417 g/mol. The van der Waals surface area contributed by atoms with Crippen LogP contribution in [-0.4, -0.2) is 60.5 Å². The zero-order valence-electron chi connectivity index (χ0n) is 18.0. The van der Waals surface area contributed by atoms with Crippen LogP contribution in [0.25, 0.3) is 0 Å². The van der Waals surface area contributed by atoms with Crippen LogP contribution in [0.15, 0.2) is 18.2 Å². The van der Waals surface area contributed by atoms with E-state index in [9.17, 15) is 14.4 Å². The van der Waals surface area contributed by atoms with Gasteiger partial charge in [-0.05, 0) is 37.5 Å². The van der Waals surface area contributed by atoms with Gasteiger partial charge >= 0.3 is 6.03 Å². The summed E-state index contributed by atoms with van der Waals surface area (Å²) in [6.07, 6.45) is 3.73. The van der Waals surface area contributed by atoms with E-state index in [0.717, 1.165) is 30.6 Å². The molecule has 30 heavy (non-hydrogen) atoms. The first kappa shape index (κ1) is 21.9. The van der Waals surface area contributed by atoms with Crippen LogP contribution < -0.4 is 14.8 Å². The number of carbonyl (C=O) groups is 3. The van der Waals surface area contributed by atoms with E-state index in [-0.39, 0.29) is 12.5 Å². The molecule has 8 nitrogen and oxygen atoms in total. The lowest BCUT2D eigenvalue weighted by molar-refractivity contribution is -0.139. The van der Waals surface area contributed by atoms with Gasteiger partial charge in [-0.2, -0.15) is 0 Å². The van der Waals surface area contributed by atoms with Gasteiger partial charge in [-0.15, -0.1) is 0 Å². The number of nitrogens with one attached hydrogen (secondary N) is 1. The number of hydrogen-bond donors (Lipinski definition) is 1. The van der Waals surface area contributed by atoms with Gasteiger partial charge < -0.3 is 19.7 Å². The molecule has 0 saturated carbocycles. The number of urea groups is 1. The smallest absolute Gasteiger partial charge is 0.325 e. The van der Waals surface area contributed by atoms with Crippen molar-refractivity contribution < 1.29 is 23.9 Å². The lowest BCUT2D eigenvalue weighted by Gasteiger charge is -2.26. The number of nitrogens with zero attached hydrogens (tertiary/aromatic N) is 2. The van der Waals surface area contributed by atoms with Gasteiger partial charge in [0, 0.05) is 13.1 Å². The number of unbranched alkanes of at least 4 members (excludes halogenated alkanes) is 2. The summed E-state index contributed by atoms with van der Waals surface area (Å²) in [6, 6.07) is 4.63.